The number of nitrogens with zero attached hydrogens (tertiary/aromatic N) is 4. The molecule has 2 heterocycles. The monoisotopic (exact) mass is 369 g/mol. The summed E-state index contributed by atoms with van der Waals surface area (Å²) < 4.78 is 2.24. The standard InChI is InChI=1S/C21H31N5O/c1-4-20-22-5-6-26(20)12-11-24-7-9-25(10-8-24)16-21(27)23-19-14-17(2)13-18(3)15-19/h5-6,13-15H,4,7-12,16H2,1-3H3,(H,23,27). The SMILES string of the molecule is CCc1nccn1CCN1CCN(CC(=O)Nc2cc(C)cc(C)c2)CC1. The lowest BCUT2D eigenvalue weighted by Gasteiger charge is -2.34. The van der Waals surface area contributed by atoms with Gasteiger partial charge in [0.1, 0.15) is 5.82 Å². The molecule has 0 unspecified atom stereocenters. The zero-order valence-corrected chi connectivity index (χ0v) is 16.7. The van der Waals surface area contributed by atoms with E-state index in [9.17, 15) is 4.79 Å². The Morgan fingerprint density at radius 3 is 2.37 bits per heavy atom. The first-order chi connectivity index (χ1) is 13.0. The van der Waals surface area contributed by atoms with Gasteiger partial charge < -0.3 is 9.88 Å². The van der Waals surface area contributed by atoms with Crippen LogP contribution in [0, 0.1) is 13.8 Å². The van der Waals surface area contributed by atoms with Crippen molar-refractivity contribution in [1.29, 1.82) is 0 Å². The van der Waals surface area contributed by atoms with E-state index in [0.29, 0.717) is 6.54 Å². The molecule has 146 valence electrons. The Kier molecular flexibility index (Phi) is 6.63. The number of anilines is 1. The van der Waals surface area contributed by atoms with Crippen molar-refractivity contribution in [3.05, 3.63) is 47.5 Å². The number of hydrogen-bond acceptors (Lipinski definition) is 4. The fourth-order valence-electron chi connectivity index (χ4n) is 3.73. The molecule has 0 atom stereocenters. The Hall–Kier alpha value is -2.18. The van der Waals surface area contributed by atoms with Crippen molar-refractivity contribution in [2.45, 2.75) is 33.7 Å². The minimum absolute atomic E-state index is 0.0689. The highest BCUT2D eigenvalue weighted by Gasteiger charge is 2.19. The summed E-state index contributed by atoms with van der Waals surface area (Å²) in [5, 5.41) is 3.03. The van der Waals surface area contributed by atoms with Crippen molar-refractivity contribution in [1.82, 2.24) is 19.4 Å². The number of carbonyl (C=O) groups excluding carboxylic acids is 1. The van der Waals surface area contributed by atoms with Crippen molar-refractivity contribution >= 4 is 11.6 Å². The highest BCUT2D eigenvalue weighted by molar-refractivity contribution is 5.92. The molecule has 6 nitrogen and oxygen atoms in total. The van der Waals surface area contributed by atoms with Crippen molar-refractivity contribution in [2.75, 3.05) is 44.6 Å². The van der Waals surface area contributed by atoms with Gasteiger partial charge in [0, 0.05) is 63.8 Å². The van der Waals surface area contributed by atoms with Crippen LogP contribution >= 0.6 is 0 Å². The maximum Gasteiger partial charge on any atom is 0.238 e. The lowest BCUT2D eigenvalue weighted by atomic mass is 10.1. The molecule has 0 bridgehead atoms. The molecular formula is C21H31N5O. The second kappa shape index (κ2) is 9.15. The van der Waals surface area contributed by atoms with Crippen LogP contribution in [-0.2, 0) is 17.8 Å². The summed E-state index contributed by atoms with van der Waals surface area (Å²) in [5.41, 5.74) is 3.23. The van der Waals surface area contributed by atoms with Gasteiger partial charge in [0.25, 0.3) is 0 Å². The third kappa shape index (κ3) is 5.65. The van der Waals surface area contributed by atoms with Crippen molar-refractivity contribution in [3.8, 4) is 0 Å². The van der Waals surface area contributed by atoms with E-state index in [0.717, 1.165) is 57.2 Å². The highest BCUT2D eigenvalue weighted by Crippen LogP contribution is 2.14. The molecule has 1 aliphatic rings. The van der Waals surface area contributed by atoms with Crippen LogP contribution in [0.2, 0.25) is 0 Å². The summed E-state index contributed by atoms with van der Waals surface area (Å²) in [6.07, 6.45) is 4.91. The first-order valence-corrected chi connectivity index (χ1v) is 9.86. The predicted molar refractivity (Wildman–Crippen MR) is 109 cm³/mol. The Bertz CT molecular complexity index is 741. The fourth-order valence-corrected chi connectivity index (χ4v) is 3.73. The van der Waals surface area contributed by atoms with E-state index in [1.54, 1.807) is 0 Å². The number of imidazole rings is 1. The van der Waals surface area contributed by atoms with Gasteiger partial charge in [-0.25, -0.2) is 4.98 Å². The van der Waals surface area contributed by atoms with Crippen LogP contribution in [0.5, 0.6) is 0 Å². The maximum atomic E-state index is 12.4. The van der Waals surface area contributed by atoms with E-state index >= 15 is 0 Å². The van der Waals surface area contributed by atoms with E-state index in [1.807, 2.05) is 18.3 Å². The zero-order valence-electron chi connectivity index (χ0n) is 16.7. The molecule has 1 aliphatic heterocycles. The first kappa shape index (κ1) is 19.6. The largest absolute Gasteiger partial charge is 0.334 e. The number of piperazine rings is 1. The molecule has 1 aromatic heterocycles. The molecule has 1 amide bonds. The normalized spacial score (nSPS) is 15.8. The van der Waals surface area contributed by atoms with Crippen LogP contribution in [0.4, 0.5) is 5.69 Å². The molecule has 1 saturated heterocycles. The quantitative estimate of drug-likeness (QED) is 0.814. The molecular weight excluding hydrogens is 338 g/mol. The molecule has 1 aromatic carbocycles. The number of benzene rings is 1. The van der Waals surface area contributed by atoms with Crippen molar-refractivity contribution in [2.24, 2.45) is 0 Å². The molecule has 0 radical (unpaired) electrons. The molecule has 27 heavy (non-hydrogen) atoms. The summed E-state index contributed by atoms with van der Waals surface area (Å²) >= 11 is 0. The van der Waals surface area contributed by atoms with Gasteiger partial charge in [-0.1, -0.05) is 13.0 Å². The van der Waals surface area contributed by atoms with Gasteiger partial charge in [0.15, 0.2) is 0 Å². The second-order valence-electron chi connectivity index (χ2n) is 7.43. The van der Waals surface area contributed by atoms with Gasteiger partial charge in [0.05, 0.1) is 6.54 Å². The lowest BCUT2D eigenvalue weighted by molar-refractivity contribution is -0.117. The summed E-state index contributed by atoms with van der Waals surface area (Å²) in [6, 6.07) is 6.15. The third-order valence-corrected chi connectivity index (χ3v) is 5.11. The first-order valence-electron chi connectivity index (χ1n) is 9.86. The number of aromatic nitrogens is 2. The average molecular weight is 370 g/mol. The van der Waals surface area contributed by atoms with Crippen LogP contribution < -0.4 is 5.32 Å². The van der Waals surface area contributed by atoms with Crippen LogP contribution in [0.3, 0.4) is 0 Å². The number of hydrogen-bond donors (Lipinski definition) is 1. The molecule has 0 spiro atoms. The summed E-state index contributed by atoms with van der Waals surface area (Å²) in [5.74, 6) is 1.22. The van der Waals surface area contributed by atoms with Crippen LogP contribution in [0.15, 0.2) is 30.6 Å². The Morgan fingerprint density at radius 1 is 1.04 bits per heavy atom. The van der Waals surface area contributed by atoms with E-state index in [4.69, 9.17) is 0 Å². The molecule has 6 heteroatoms. The second-order valence-corrected chi connectivity index (χ2v) is 7.43. The van der Waals surface area contributed by atoms with E-state index in [-0.39, 0.29) is 5.91 Å². The number of carbonyl (C=O) groups is 1. The third-order valence-electron chi connectivity index (χ3n) is 5.11. The van der Waals surface area contributed by atoms with E-state index < -0.39 is 0 Å². The molecule has 0 aliphatic carbocycles. The number of rotatable bonds is 7. The Morgan fingerprint density at radius 2 is 1.70 bits per heavy atom. The van der Waals surface area contributed by atoms with Crippen molar-refractivity contribution < 1.29 is 4.79 Å². The summed E-state index contributed by atoms with van der Waals surface area (Å²) in [7, 11) is 0. The topological polar surface area (TPSA) is 53.4 Å². The van der Waals surface area contributed by atoms with Gasteiger partial charge >= 0.3 is 0 Å². The van der Waals surface area contributed by atoms with Crippen LogP contribution in [0.25, 0.3) is 0 Å². The summed E-state index contributed by atoms with van der Waals surface area (Å²) in [6.45, 7) is 12.6. The van der Waals surface area contributed by atoms with E-state index in [1.165, 1.54) is 11.1 Å². The Labute approximate surface area is 162 Å². The molecule has 3 rings (SSSR count). The number of amides is 1. The van der Waals surface area contributed by atoms with Crippen molar-refractivity contribution in [3.63, 3.8) is 0 Å². The molecule has 0 saturated carbocycles. The summed E-state index contributed by atoms with van der Waals surface area (Å²) in [4.78, 5) is 21.4. The van der Waals surface area contributed by atoms with Gasteiger partial charge in [0.2, 0.25) is 5.91 Å². The average Bonchev–Trinajstić information content (AvgIpc) is 3.07. The number of aryl methyl sites for hydroxylation is 3. The highest BCUT2D eigenvalue weighted by atomic mass is 16.2. The van der Waals surface area contributed by atoms with Gasteiger partial charge in [-0.3, -0.25) is 14.6 Å². The fraction of sp³-hybridized carbons (Fsp3) is 0.524. The number of nitrogens with one attached hydrogen (secondary N) is 1. The van der Waals surface area contributed by atoms with Gasteiger partial charge in [-0.2, -0.15) is 0 Å². The van der Waals surface area contributed by atoms with Gasteiger partial charge in [-0.05, 0) is 37.1 Å². The van der Waals surface area contributed by atoms with Gasteiger partial charge in [-0.15, -0.1) is 0 Å². The van der Waals surface area contributed by atoms with E-state index in [2.05, 4.69) is 57.7 Å². The zero-order chi connectivity index (χ0) is 19.2. The lowest BCUT2D eigenvalue weighted by Crippen LogP contribution is -2.49. The van der Waals surface area contributed by atoms with Crippen LogP contribution in [-0.4, -0.2) is 64.5 Å². The maximum absolute atomic E-state index is 12.4. The smallest absolute Gasteiger partial charge is 0.238 e. The minimum Gasteiger partial charge on any atom is -0.334 e. The molecule has 1 N–H and O–H groups in total. The minimum atomic E-state index is 0.0689. The molecule has 1 fully saturated rings. The Balaban J connectivity index is 1.40. The molecule has 2 aromatic rings. The van der Waals surface area contributed by atoms with Crippen LogP contribution in [0.1, 0.15) is 23.9 Å². The predicted octanol–water partition coefficient (Wildman–Crippen LogP) is 2.32.